The van der Waals surface area contributed by atoms with Crippen molar-refractivity contribution < 1.29 is 4.79 Å². The minimum atomic E-state index is -0.901. The van der Waals surface area contributed by atoms with Crippen LogP contribution in [0, 0.1) is 18.3 Å². The van der Waals surface area contributed by atoms with E-state index in [1.54, 1.807) is 16.9 Å². The quantitative estimate of drug-likeness (QED) is 0.707. The number of ketones is 1. The third-order valence-corrected chi connectivity index (χ3v) is 4.49. The smallest absolute Gasteiger partial charge is 0.177 e. The molecular weight excluding hydrogens is 356 g/mol. The molecule has 0 radical (unpaired) electrons. The van der Waals surface area contributed by atoms with Crippen LogP contribution in [-0.4, -0.2) is 20.5 Å². The van der Waals surface area contributed by atoms with E-state index in [0.717, 1.165) is 21.1 Å². The molecule has 0 N–H and O–H groups in total. The van der Waals surface area contributed by atoms with Crippen molar-refractivity contribution >= 4 is 32.6 Å². The Morgan fingerprint density at radius 3 is 2.83 bits per heavy atom. The number of hydrogen-bond acceptors (Lipinski definition) is 4. The average molecular weight is 369 g/mol. The van der Waals surface area contributed by atoms with Crippen molar-refractivity contribution in [1.29, 1.82) is 5.26 Å². The fourth-order valence-corrected chi connectivity index (χ4v) is 2.66. The number of para-hydroxylation sites is 1. The molecule has 0 aliphatic carbocycles. The van der Waals surface area contributed by atoms with Crippen LogP contribution in [0.15, 0.2) is 47.1 Å². The van der Waals surface area contributed by atoms with Gasteiger partial charge in [-0.2, -0.15) is 10.4 Å². The summed E-state index contributed by atoms with van der Waals surface area (Å²) in [6.45, 7) is 1.91. The lowest BCUT2D eigenvalue weighted by atomic mass is 10.00. The SMILES string of the molecule is Cc1c(Br)cnn1CC(=O)C(C#N)c1ccc2ccccc2n1. The van der Waals surface area contributed by atoms with E-state index in [-0.39, 0.29) is 12.3 Å². The van der Waals surface area contributed by atoms with E-state index < -0.39 is 5.92 Å². The molecule has 0 saturated carbocycles. The molecule has 0 spiro atoms. The average Bonchev–Trinajstić information content (AvgIpc) is 2.87. The maximum absolute atomic E-state index is 12.5. The normalized spacial score (nSPS) is 12.0. The second kappa shape index (κ2) is 6.31. The molecule has 1 aromatic carbocycles. The second-order valence-electron chi connectivity index (χ2n) is 5.19. The van der Waals surface area contributed by atoms with E-state index in [9.17, 15) is 10.1 Å². The molecule has 3 rings (SSSR count). The topological polar surface area (TPSA) is 71.6 Å². The molecule has 5 nitrogen and oxygen atoms in total. The summed E-state index contributed by atoms with van der Waals surface area (Å²) in [5, 5.41) is 14.5. The first-order valence-corrected chi connectivity index (χ1v) is 7.85. The molecule has 0 saturated heterocycles. The van der Waals surface area contributed by atoms with Crippen LogP contribution in [-0.2, 0) is 11.3 Å². The summed E-state index contributed by atoms with van der Waals surface area (Å²) in [5.74, 6) is -1.13. The van der Waals surface area contributed by atoms with E-state index in [4.69, 9.17) is 0 Å². The Balaban J connectivity index is 1.90. The highest BCUT2D eigenvalue weighted by Crippen LogP contribution is 2.20. The Kier molecular flexibility index (Phi) is 4.22. The first-order valence-electron chi connectivity index (χ1n) is 7.06. The van der Waals surface area contributed by atoms with Crippen LogP contribution in [0.25, 0.3) is 10.9 Å². The zero-order chi connectivity index (χ0) is 16.4. The van der Waals surface area contributed by atoms with Gasteiger partial charge in [0, 0.05) is 5.39 Å². The summed E-state index contributed by atoms with van der Waals surface area (Å²) in [7, 11) is 0. The van der Waals surface area contributed by atoms with Gasteiger partial charge in [-0.25, -0.2) is 0 Å². The molecule has 6 heteroatoms. The van der Waals surface area contributed by atoms with Crippen LogP contribution in [0.4, 0.5) is 0 Å². The molecule has 114 valence electrons. The van der Waals surface area contributed by atoms with Gasteiger partial charge >= 0.3 is 0 Å². The van der Waals surface area contributed by atoms with Crippen LogP contribution < -0.4 is 0 Å². The number of hydrogen-bond donors (Lipinski definition) is 0. The lowest BCUT2D eigenvalue weighted by molar-refractivity contribution is -0.120. The van der Waals surface area contributed by atoms with Gasteiger partial charge in [0.1, 0.15) is 12.5 Å². The first kappa shape index (κ1) is 15.4. The molecule has 2 heterocycles. The Morgan fingerprint density at radius 2 is 2.13 bits per heavy atom. The number of halogens is 1. The first-order chi connectivity index (χ1) is 11.1. The Bertz CT molecular complexity index is 926. The molecule has 0 aliphatic heterocycles. The minimum absolute atomic E-state index is 0.0458. The van der Waals surface area contributed by atoms with Crippen molar-refractivity contribution in [3.63, 3.8) is 0 Å². The summed E-state index contributed by atoms with van der Waals surface area (Å²) < 4.78 is 2.42. The van der Waals surface area contributed by atoms with Crippen molar-refractivity contribution in [2.45, 2.75) is 19.4 Å². The van der Waals surface area contributed by atoms with Crippen LogP contribution >= 0.6 is 15.9 Å². The number of nitriles is 1. The number of benzene rings is 1. The maximum Gasteiger partial charge on any atom is 0.177 e. The van der Waals surface area contributed by atoms with Gasteiger partial charge in [-0.3, -0.25) is 14.5 Å². The van der Waals surface area contributed by atoms with Gasteiger partial charge in [0.15, 0.2) is 5.78 Å². The van der Waals surface area contributed by atoms with E-state index >= 15 is 0 Å². The lowest BCUT2D eigenvalue weighted by Crippen LogP contribution is -2.20. The number of aromatic nitrogens is 3. The van der Waals surface area contributed by atoms with Gasteiger partial charge in [-0.05, 0) is 35.0 Å². The van der Waals surface area contributed by atoms with Crippen LogP contribution in [0.3, 0.4) is 0 Å². The van der Waals surface area contributed by atoms with Gasteiger partial charge in [-0.1, -0.05) is 24.3 Å². The third kappa shape index (κ3) is 3.01. The fourth-order valence-electron chi connectivity index (χ4n) is 2.37. The summed E-state index contributed by atoms with van der Waals surface area (Å²) in [4.78, 5) is 17.0. The number of carbonyl (C=O) groups is 1. The number of pyridine rings is 1. The highest BCUT2D eigenvalue weighted by Gasteiger charge is 2.23. The molecule has 2 aromatic heterocycles. The Hall–Kier alpha value is -2.52. The molecule has 1 atom stereocenters. The fraction of sp³-hybridized carbons (Fsp3) is 0.176. The van der Waals surface area contributed by atoms with Crippen molar-refractivity contribution in [2.24, 2.45) is 0 Å². The predicted molar refractivity (Wildman–Crippen MR) is 89.8 cm³/mol. The summed E-state index contributed by atoms with van der Waals surface area (Å²) >= 11 is 3.36. The molecular formula is C17H13BrN4O. The van der Waals surface area contributed by atoms with Gasteiger partial charge in [-0.15, -0.1) is 0 Å². The second-order valence-corrected chi connectivity index (χ2v) is 6.05. The Labute approximate surface area is 141 Å². The van der Waals surface area contributed by atoms with Gasteiger partial charge < -0.3 is 0 Å². The van der Waals surface area contributed by atoms with Crippen molar-refractivity contribution in [3.05, 3.63) is 58.5 Å². The summed E-state index contributed by atoms with van der Waals surface area (Å²) in [6, 6.07) is 13.3. The van der Waals surface area contributed by atoms with Crippen molar-refractivity contribution in [3.8, 4) is 6.07 Å². The monoisotopic (exact) mass is 368 g/mol. The molecule has 0 fully saturated rings. The van der Waals surface area contributed by atoms with Crippen molar-refractivity contribution in [1.82, 2.24) is 14.8 Å². The number of nitrogens with zero attached hydrogens (tertiary/aromatic N) is 4. The molecule has 3 aromatic rings. The maximum atomic E-state index is 12.5. The Morgan fingerprint density at radius 1 is 1.35 bits per heavy atom. The molecule has 0 bridgehead atoms. The highest BCUT2D eigenvalue weighted by atomic mass is 79.9. The number of Topliss-reactive ketones (excluding diaryl/α,β-unsaturated/α-hetero) is 1. The van der Waals surface area contributed by atoms with Gasteiger partial charge in [0.25, 0.3) is 0 Å². The van der Waals surface area contributed by atoms with E-state index in [2.05, 4.69) is 32.1 Å². The largest absolute Gasteiger partial charge is 0.296 e. The van der Waals surface area contributed by atoms with Crippen LogP contribution in [0.2, 0.25) is 0 Å². The molecule has 1 unspecified atom stereocenters. The lowest BCUT2D eigenvalue weighted by Gasteiger charge is -2.10. The summed E-state index contributed by atoms with van der Waals surface area (Å²) in [6.07, 6.45) is 1.64. The van der Waals surface area contributed by atoms with Crippen LogP contribution in [0.5, 0.6) is 0 Å². The summed E-state index contributed by atoms with van der Waals surface area (Å²) in [5.41, 5.74) is 2.10. The van der Waals surface area contributed by atoms with Gasteiger partial charge in [0.05, 0.1) is 33.6 Å². The zero-order valence-corrected chi connectivity index (χ0v) is 14.0. The highest BCUT2D eigenvalue weighted by molar-refractivity contribution is 9.10. The standard InChI is InChI=1S/C17H13BrN4O/c1-11-14(18)9-20-22(11)10-17(23)13(8-19)16-7-6-12-4-2-3-5-15(12)21-16/h2-7,9,13H,10H2,1H3. The number of carbonyl (C=O) groups excluding carboxylic acids is 1. The van der Waals surface area contributed by atoms with Crippen LogP contribution in [0.1, 0.15) is 17.3 Å². The number of fused-ring (bicyclic) bond motifs is 1. The molecule has 0 aliphatic rings. The molecule has 0 amide bonds. The van der Waals surface area contributed by atoms with Gasteiger partial charge in [0.2, 0.25) is 0 Å². The van der Waals surface area contributed by atoms with E-state index in [0.29, 0.717) is 5.69 Å². The third-order valence-electron chi connectivity index (χ3n) is 3.72. The van der Waals surface area contributed by atoms with Crippen molar-refractivity contribution in [2.75, 3.05) is 0 Å². The minimum Gasteiger partial charge on any atom is -0.296 e. The van der Waals surface area contributed by atoms with E-state index in [1.165, 1.54) is 0 Å². The zero-order valence-electron chi connectivity index (χ0n) is 12.4. The number of rotatable bonds is 4. The van der Waals surface area contributed by atoms with E-state index in [1.807, 2.05) is 37.3 Å². The molecule has 23 heavy (non-hydrogen) atoms. The predicted octanol–water partition coefficient (Wildman–Crippen LogP) is 3.38.